The molecule has 0 saturated carbocycles. The van der Waals surface area contributed by atoms with Crippen LogP contribution in [0.1, 0.15) is 18.4 Å². The van der Waals surface area contributed by atoms with Crippen molar-refractivity contribution in [2.75, 3.05) is 44.1 Å². The molecule has 4 rings (SSSR count). The summed E-state index contributed by atoms with van der Waals surface area (Å²) in [5.41, 5.74) is 3.23. The van der Waals surface area contributed by atoms with Gasteiger partial charge in [0, 0.05) is 32.9 Å². The van der Waals surface area contributed by atoms with Gasteiger partial charge in [-0.25, -0.2) is 4.90 Å². The van der Waals surface area contributed by atoms with Crippen LogP contribution in [0.2, 0.25) is 0 Å². The molecule has 2 aromatic rings. The highest BCUT2D eigenvalue weighted by atomic mass is 16.5. The molecular weight excluding hydrogens is 366 g/mol. The van der Waals surface area contributed by atoms with Crippen LogP contribution < -0.4 is 14.5 Å². The number of ether oxygens (including phenoxy) is 1. The van der Waals surface area contributed by atoms with Gasteiger partial charge in [-0.15, -0.1) is 0 Å². The van der Waals surface area contributed by atoms with Gasteiger partial charge in [0.1, 0.15) is 11.4 Å². The molecule has 2 aromatic carbocycles. The van der Waals surface area contributed by atoms with Gasteiger partial charge in [0.25, 0.3) is 11.8 Å². The lowest BCUT2D eigenvalue weighted by Gasteiger charge is -2.21. The Morgan fingerprint density at radius 1 is 0.931 bits per heavy atom. The molecule has 0 spiro atoms. The number of methoxy groups -OCH3 is 1. The number of nitrogens with zero attached hydrogens (tertiary/aromatic N) is 3. The van der Waals surface area contributed by atoms with E-state index >= 15 is 0 Å². The second kappa shape index (κ2) is 7.62. The average molecular weight is 391 g/mol. The maximum atomic E-state index is 13.5. The molecule has 29 heavy (non-hydrogen) atoms. The third-order valence-electron chi connectivity index (χ3n) is 5.46. The molecule has 150 valence electrons. The number of likely N-dealkylation sites (tertiary alicyclic amines) is 1. The Morgan fingerprint density at radius 3 is 2.24 bits per heavy atom. The summed E-state index contributed by atoms with van der Waals surface area (Å²) >= 11 is 0. The molecule has 2 heterocycles. The number of hydrogen-bond acceptors (Lipinski definition) is 5. The van der Waals surface area contributed by atoms with Crippen molar-refractivity contribution in [3.8, 4) is 5.75 Å². The van der Waals surface area contributed by atoms with Gasteiger partial charge in [-0.3, -0.25) is 9.59 Å². The number of amides is 2. The Balaban J connectivity index is 1.80. The maximum Gasteiger partial charge on any atom is 0.282 e. The molecule has 0 unspecified atom stereocenters. The monoisotopic (exact) mass is 391 g/mol. The van der Waals surface area contributed by atoms with Crippen LogP contribution in [0.5, 0.6) is 5.75 Å². The van der Waals surface area contributed by atoms with Gasteiger partial charge in [0.15, 0.2) is 0 Å². The van der Waals surface area contributed by atoms with Crippen molar-refractivity contribution in [3.05, 3.63) is 59.8 Å². The van der Waals surface area contributed by atoms with E-state index < -0.39 is 0 Å². The van der Waals surface area contributed by atoms with Crippen LogP contribution >= 0.6 is 0 Å². The Kier molecular flexibility index (Phi) is 5.01. The average Bonchev–Trinajstić information content (AvgIpc) is 3.34. The summed E-state index contributed by atoms with van der Waals surface area (Å²) < 4.78 is 5.24. The first-order chi connectivity index (χ1) is 14.0. The Hall–Kier alpha value is -3.28. The molecule has 6 heteroatoms. The Morgan fingerprint density at radius 2 is 1.62 bits per heavy atom. The van der Waals surface area contributed by atoms with Crippen LogP contribution in [-0.2, 0) is 9.59 Å². The summed E-state index contributed by atoms with van der Waals surface area (Å²) in [4.78, 5) is 32.3. The second-order valence-corrected chi connectivity index (χ2v) is 7.51. The zero-order chi connectivity index (χ0) is 20.5. The highest BCUT2D eigenvalue weighted by molar-refractivity contribution is 6.45. The quantitative estimate of drug-likeness (QED) is 0.733. The predicted octanol–water partition coefficient (Wildman–Crippen LogP) is 3.14. The van der Waals surface area contributed by atoms with E-state index in [4.69, 9.17) is 4.74 Å². The zero-order valence-electron chi connectivity index (χ0n) is 17.0. The fourth-order valence-electron chi connectivity index (χ4n) is 3.91. The van der Waals surface area contributed by atoms with E-state index in [2.05, 4.69) is 4.90 Å². The first kappa shape index (κ1) is 19.1. The number of carbonyl (C=O) groups is 2. The fraction of sp³-hybridized carbons (Fsp3) is 0.304. The smallest absolute Gasteiger partial charge is 0.282 e. The zero-order valence-corrected chi connectivity index (χ0v) is 17.0. The van der Waals surface area contributed by atoms with E-state index in [-0.39, 0.29) is 11.8 Å². The van der Waals surface area contributed by atoms with Crippen molar-refractivity contribution in [2.24, 2.45) is 0 Å². The minimum absolute atomic E-state index is 0.251. The fourth-order valence-corrected chi connectivity index (χ4v) is 3.91. The van der Waals surface area contributed by atoms with Gasteiger partial charge in [0.05, 0.1) is 18.4 Å². The molecule has 2 amide bonds. The molecule has 0 aliphatic carbocycles. The molecule has 1 fully saturated rings. The standard InChI is InChI=1S/C23H25N3O3/c1-24(2)17-7-6-8-18(15-17)26-22(27)20(16-9-11-19(29-3)12-10-16)21(23(26)28)25-13-4-5-14-25/h6-12,15H,4-5,13-14H2,1-3H3. The number of imide groups is 1. The van der Waals surface area contributed by atoms with Crippen LogP contribution in [0, 0.1) is 0 Å². The lowest BCUT2D eigenvalue weighted by molar-refractivity contribution is -0.120. The summed E-state index contributed by atoms with van der Waals surface area (Å²) in [6, 6.07) is 14.8. The van der Waals surface area contributed by atoms with Crippen molar-refractivity contribution in [3.63, 3.8) is 0 Å². The molecule has 2 aliphatic rings. The van der Waals surface area contributed by atoms with Crippen molar-refractivity contribution in [1.82, 2.24) is 4.90 Å². The molecule has 0 radical (unpaired) electrons. The lowest BCUT2D eigenvalue weighted by Crippen LogP contribution is -2.34. The van der Waals surface area contributed by atoms with Gasteiger partial charge in [-0.1, -0.05) is 18.2 Å². The SMILES string of the molecule is COc1ccc(C2=C(N3CCCC3)C(=O)N(c3cccc(N(C)C)c3)C2=O)cc1. The molecule has 0 N–H and O–H groups in total. The lowest BCUT2D eigenvalue weighted by atomic mass is 10.0. The van der Waals surface area contributed by atoms with E-state index in [1.807, 2.05) is 61.5 Å². The summed E-state index contributed by atoms with van der Waals surface area (Å²) in [5, 5.41) is 0. The van der Waals surface area contributed by atoms with Crippen LogP contribution in [0.15, 0.2) is 54.2 Å². The molecule has 2 aliphatic heterocycles. The Labute approximate surface area is 171 Å². The molecule has 0 aromatic heterocycles. The molecule has 6 nitrogen and oxygen atoms in total. The minimum atomic E-state index is -0.280. The predicted molar refractivity (Wildman–Crippen MR) is 114 cm³/mol. The summed E-state index contributed by atoms with van der Waals surface area (Å²) in [6.07, 6.45) is 2.05. The van der Waals surface area contributed by atoms with E-state index in [0.717, 1.165) is 37.2 Å². The van der Waals surface area contributed by atoms with Gasteiger partial charge >= 0.3 is 0 Å². The summed E-state index contributed by atoms with van der Waals surface area (Å²) in [5.74, 6) is 0.181. The normalized spacial score (nSPS) is 16.8. The van der Waals surface area contributed by atoms with Crippen LogP contribution in [0.3, 0.4) is 0 Å². The second-order valence-electron chi connectivity index (χ2n) is 7.51. The molecular formula is C23H25N3O3. The highest BCUT2D eigenvalue weighted by Crippen LogP contribution is 2.37. The van der Waals surface area contributed by atoms with Gasteiger partial charge in [-0.05, 0) is 48.7 Å². The first-order valence-electron chi connectivity index (χ1n) is 9.81. The van der Waals surface area contributed by atoms with Crippen LogP contribution in [-0.4, -0.2) is 51.0 Å². The van der Waals surface area contributed by atoms with Crippen molar-refractivity contribution in [2.45, 2.75) is 12.8 Å². The summed E-state index contributed by atoms with van der Waals surface area (Å²) in [7, 11) is 5.47. The largest absolute Gasteiger partial charge is 0.497 e. The van der Waals surface area contributed by atoms with Gasteiger partial charge in [0.2, 0.25) is 0 Å². The third kappa shape index (κ3) is 3.35. The highest BCUT2D eigenvalue weighted by Gasteiger charge is 2.43. The maximum absolute atomic E-state index is 13.5. The number of carbonyl (C=O) groups excluding carboxylic acids is 2. The van der Waals surface area contributed by atoms with Crippen LogP contribution in [0.25, 0.3) is 5.57 Å². The topological polar surface area (TPSA) is 53.1 Å². The number of rotatable bonds is 5. The van der Waals surface area contributed by atoms with Crippen molar-refractivity contribution < 1.29 is 14.3 Å². The molecule has 0 atom stereocenters. The molecule has 0 bridgehead atoms. The summed E-state index contributed by atoms with van der Waals surface area (Å²) in [6.45, 7) is 1.58. The number of benzene rings is 2. The minimum Gasteiger partial charge on any atom is -0.497 e. The molecule has 1 saturated heterocycles. The first-order valence-corrected chi connectivity index (χ1v) is 9.81. The van der Waals surface area contributed by atoms with E-state index in [9.17, 15) is 9.59 Å². The van der Waals surface area contributed by atoms with E-state index in [0.29, 0.717) is 22.7 Å². The Bertz CT molecular complexity index is 973. The number of hydrogen-bond donors (Lipinski definition) is 0. The third-order valence-corrected chi connectivity index (χ3v) is 5.46. The van der Waals surface area contributed by atoms with Gasteiger partial charge < -0.3 is 14.5 Å². The van der Waals surface area contributed by atoms with Crippen molar-refractivity contribution in [1.29, 1.82) is 0 Å². The van der Waals surface area contributed by atoms with Gasteiger partial charge in [-0.2, -0.15) is 0 Å². The van der Waals surface area contributed by atoms with E-state index in [1.54, 1.807) is 13.2 Å². The van der Waals surface area contributed by atoms with E-state index in [1.165, 1.54) is 4.90 Å². The van der Waals surface area contributed by atoms with Crippen molar-refractivity contribution >= 4 is 28.8 Å². The van der Waals surface area contributed by atoms with Crippen LogP contribution in [0.4, 0.5) is 11.4 Å². The number of anilines is 2.